The van der Waals surface area contributed by atoms with E-state index in [0.717, 1.165) is 51.4 Å². The molecule has 10 heteroatoms. The van der Waals surface area contributed by atoms with Gasteiger partial charge < -0.3 is 20.1 Å². The lowest BCUT2D eigenvalue weighted by molar-refractivity contribution is -0.161. The first-order valence-corrected chi connectivity index (χ1v) is 22.2. The molecule has 2 unspecified atom stereocenters. The zero-order chi connectivity index (χ0) is 40.3. The Kier molecular flexibility index (Phi) is 38.3. The minimum atomic E-state index is -4.41. The summed E-state index contributed by atoms with van der Waals surface area (Å²) in [7, 11) is -4.41. The highest BCUT2D eigenvalue weighted by Gasteiger charge is 2.25. The van der Waals surface area contributed by atoms with Crippen molar-refractivity contribution in [2.24, 2.45) is 5.73 Å². The molecule has 0 spiro atoms. The van der Waals surface area contributed by atoms with Gasteiger partial charge in [0.05, 0.1) is 13.2 Å². The number of ether oxygens (including phenoxy) is 2. The molecule has 0 radical (unpaired) electrons. The zero-order valence-corrected chi connectivity index (χ0v) is 35.0. The fraction of sp³-hybridized carbons (Fsp3) is 0.600. The number of allylic oxidation sites excluding steroid dienone is 16. The molecule has 0 rings (SSSR count). The largest absolute Gasteiger partial charge is 0.472 e. The van der Waals surface area contributed by atoms with E-state index in [4.69, 9.17) is 24.3 Å². The normalized spacial score (nSPS) is 14.3. The van der Waals surface area contributed by atoms with Crippen molar-refractivity contribution in [1.29, 1.82) is 0 Å². The summed E-state index contributed by atoms with van der Waals surface area (Å²) in [4.78, 5) is 34.8. The lowest BCUT2D eigenvalue weighted by Gasteiger charge is -2.19. The number of unbranched alkanes of at least 4 members (excludes halogenated alkanes) is 8. The van der Waals surface area contributed by atoms with Crippen LogP contribution in [0.4, 0.5) is 0 Å². The van der Waals surface area contributed by atoms with Gasteiger partial charge in [-0.3, -0.25) is 18.6 Å². The highest BCUT2D eigenvalue weighted by molar-refractivity contribution is 7.47. The van der Waals surface area contributed by atoms with E-state index in [1.807, 2.05) is 12.2 Å². The van der Waals surface area contributed by atoms with Gasteiger partial charge in [0.1, 0.15) is 6.61 Å². The third kappa shape index (κ3) is 40.4. The summed E-state index contributed by atoms with van der Waals surface area (Å²) in [6.07, 6.45) is 51.6. The molecule has 0 bridgehead atoms. The van der Waals surface area contributed by atoms with Gasteiger partial charge in [0.15, 0.2) is 6.10 Å². The van der Waals surface area contributed by atoms with Crippen molar-refractivity contribution < 1.29 is 37.6 Å². The molecule has 55 heavy (non-hydrogen) atoms. The summed E-state index contributed by atoms with van der Waals surface area (Å²) in [6, 6.07) is 0. The van der Waals surface area contributed by atoms with E-state index < -0.39 is 32.5 Å². The van der Waals surface area contributed by atoms with Crippen LogP contribution < -0.4 is 5.73 Å². The highest BCUT2D eigenvalue weighted by atomic mass is 31.2. The van der Waals surface area contributed by atoms with Gasteiger partial charge in [-0.05, 0) is 89.9 Å². The van der Waals surface area contributed by atoms with Crippen molar-refractivity contribution in [1.82, 2.24) is 0 Å². The molecule has 0 amide bonds. The Morgan fingerprint density at radius 1 is 0.545 bits per heavy atom. The molecule has 0 saturated heterocycles. The Morgan fingerprint density at radius 2 is 0.927 bits per heavy atom. The van der Waals surface area contributed by atoms with E-state index in [-0.39, 0.29) is 32.6 Å². The molecular formula is C45H74NO8P. The lowest BCUT2D eigenvalue weighted by atomic mass is 10.2. The third-order valence-electron chi connectivity index (χ3n) is 7.94. The fourth-order valence-corrected chi connectivity index (χ4v) is 5.62. The van der Waals surface area contributed by atoms with E-state index >= 15 is 0 Å². The predicted octanol–water partition coefficient (Wildman–Crippen LogP) is 11.8. The standard InChI is InChI=1S/C45H74NO8P/c1-3-5-7-9-11-13-15-17-19-21-23-25-27-29-31-33-35-37-44(47)51-41-43(42-53-55(49,50)52-40-39-46)54-45(48)38-36-34-32-30-28-26-24-22-20-18-16-14-12-10-8-6-4-2/h11-14,17-20,23-26,29-32,43H,3-10,15-16,21-22,27-28,33-42,46H2,1-2H3,(H,49,50). The number of carbonyl (C=O) groups is 2. The van der Waals surface area contributed by atoms with Crippen molar-refractivity contribution in [3.05, 3.63) is 97.2 Å². The number of nitrogens with two attached hydrogens (primary N) is 1. The van der Waals surface area contributed by atoms with E-state index in [2.05, 4.69) is 98.9 Å². The number of phosphoric acid groups is 1. The molecule has 0 aliphatic heterocycles. The Bertz CT molecular complexity index is 1220. The van der Waals surface area contributed by atoms with Gasteiger partial charge >= 0.3 is 19.8 Å². The van der Waals surface area contributed by atoms with Gasteiger partial charge in [-0.15, -0.1) is 0 Å². The monoisotopic (exact) mass is 788 g/mol. The van der Waals surface area contributed by atoms with E-state index in [0.29, 0.717) is 19.3 Å². The van der Waals surface area contributed by atoms with Crippen LogP contribution in [-0.2, 0) is 32.7 Å². The number of hydrogen-bond acceptors (Lipinski definition) is 8. The maximum Gasteiger partial charge on any atom is 0.472 e. The summed E-state index contributed by atoms with van der Waals surface area (Å²) in [5.41, 5.74) is 5.33. The SMILES string of the molecule is CCCCCC=CCC=CCC=CCC=CCCCC(=O)OCC(COP(=O)(O)OCCN)OC(=O)CCCC=CCC=CCC=CCC=CCCCCC. The summed E-state index contributed by atoms with van der Waals surface area (Å²) in [6.45, 7) is 3.52. The van der Waals surface area contributed by atoms with E-state index in [1.165, 1.54) is 44.9 Å². The molecule has 0 aromatic carbocycles. The maximum absolute atomic E-state index is 12.5. The Hall–Kier alpha value is -3.07. The maximum atomic E-state index is 12.5. The molecule has 312 valence electrons. The summed E-state index contributed by atoms with van der Waals surface area (Å²) in [5.74, 6) is -0.972. The predicted molar refractivity (Wildman–Crippen MR) is 228 cm³/mol. The third-order valence-corrected chi connectivity index (χ3v) is 8.93. The lowest BCUT2D eigenvalue weighted by Crippen LogP contribution is -2.29. The van der Waals surface area contributed by atoms with Crippen molar-refractivity contribution in [2.45, 2.75) is 148 Å². The van der Waals surface area contributed by atoms with Crippen LogP contribution in [0.25, 0.3) is 0 Å². The smallest absolute Gasteiger partial charge is 0.462 e. The molecule has 0 aliphatic carbocycles. The summed E-state index contributed by atoms with van der Waals surface area (Å²) >= 11 is 0. The van der Waals surface area contributed by atoms with Crippen molar-refractivity contribution >= 4 is 19.8 Å². The first kappa shape index (κ1) is 51.9. The molecule has 2 atom stereocenters. The molecule has 0 saturated carbocycles. The number of hydrogen-bond donors (Lipinski definition) is 2. The molecule has 0 aromatic heterocycles. The van der Waals surface area contributed by atoms with E-state index in [9.17, 15) is 19.0 Å². The highest BCUT2D eigenvalue weighted by Crippen LogP contribution is 2.43. The number of carbonyl (C=O) groups excluding carboxylic acids is 2. The molecule has 0 aromatic rings. The fourth-order valence-electron chi connectivity index (χ4n) is 4.85. The number of rotatable bonds is 37. The van der Waals surface area contributed by atoms with Crippen molar-refractivity contribution in [3.63, 3.8) is 0 Å². The van der Waals surface area contributed by atoms with Crippen LogP contribution in [0.1, 0.15) is 142 Å². The van der Waals surface area contributed by atoms with Crippen molar-refractivity contribution in [2.75, 3.05) is 26.4 Å². The van der Waals surface area contributed by atoms with Gasteiger partial charge in [-0.25, -0.2) is 4.57 Å². The Balaban J connectivity index is 4.40. The first-order valence-electron chi connectivity index (χ1n) is 20.7. The topological polar surface area (TPSA) is 134 Å². The van der Waals surface area contributed by atoms with Gasteiger partial charge in [0.25, 0.3) is 0 Å². The van der Waals surface area contributed by atoms with Gasteiger partial charge in [-0.2, -0.15) is 0 Å². The molecule has 9 nitrogen and oxygen atoms in total. The van der Waals surface area contributed by atoms with Gasteiger partial charge in [0.2, 0.25) is 0 Å². The second-order valence-electron chi connectivity index (χ2n) is 13.1. The minimum absolute atomic E-state index is 0.0322. The first-order chi connectivity index (χ1) is 26.8. The van der Waals surface area contributed by atoms with Crippen LogP contribution in [0.3, 0.4) is 0 Å². The van der Waals surface area contributed by atoms with Crippen LogP contribution >= 0.6 is 7.82 Å². The molecule has 0 aliphatic rings. The second-order valence-corrected chi connectivity index (χ2v) is 14.6. The van der Waals surface area contributed by atoms with Crippen molar-refractivity contribution in [3.8, 4) is 0 Å². The quantitative estimate of drug-likeness (QED) is 0.0273. The van der Waals surface area contributed by atoms with Crippen LogP contribution in [-0.4, -0.2) is 49.3 Å². The zero-order valence-electron chi connectivity index (χ0n) is 34.1. The summed E-state index contributed by atoms with van der Waals surface area (Å²) in [5, 5.41) is 0. The van der Waals surface area contributed by atoms with Crippen LogP contribution in [0, 0.1) is 0 Å². The molecule has 0 heterocycles. The van der Waals surface area contributed by atoms with E-state index in [1.54, 1.807) is 0 Å². The Morgan fingerprint density at radius 3 is 1.33 bits per heavy atom. The number of esters is 2. The average Bonchev–Trinajstić information content (AvgIpc) is 3.17. The van der Waals surface area contributed by atoms with Crippen LogP contribution in [0.15, 0.2) is 97.2 Å². The Labute approximate surface area is 334 Å². The second kappa shape index (κ2) is 40.6. The average molecular weight is 788 g/mol. The molecule has 3 N–H and O–H groups in total. The minimum Gasteiger partial charge on any atom is -0.462 e. The van der Waals surface area contributed by atoms with Gasteiger partial charge in [0, 0.05) is 19.4 Å². The summed E-state index contributed by atoms with van der Waals surface area (Å²) < 4.78 is 32.6. The molecule has 0 fully saturated rings. The number of phosphoric ester groups is 1. The van der Waals surface area contributed by atoms with Crippen LogP contribution in [0.2, 0.25) is 0 Å². The molecular weight excluding hydrogens is 713 g/mol. The van der Waals surface area contributed by atoms with Crippen LogP contribution in [0.5, 0.6) is 0 Å². The van der Waals surface area contributed by atoms with Gasteiger partial charge in [-0.1, -0.05) is 137 Å².